The predicted octanol–water partition coefficient (Wildman–Crippen LogP) is 1.45. The zero-order valence-corrected chi connectivity index (χ0v) is 12.2. The molecule has 0 radical (unpaired) electrons. The van der Waals surface area contributed by atoms with Crippen molar-refractivity contribution in [3.8, 4) is 5.82 Å². The zero-order valence-electron chi connectivity index (χ0n) is 12.2. The molecule has 2 rings (SSSR count). The first kappa shape index (κ1) is 15.0. The summed E-state index contributed by atoms with van der Waals surface area (Å²) in [6.45, 7) is 6.33. The molecule has 0 bridgehead atoms. The van der Waals surface area contributed by atoms with E-state index in [4.69, 9.17) is 10.2 Å². The summed E-state index contributed by atoms with van der Waals surface area (Å²) in [5, 5.41) is 28.9. The number of carbonyl (C=O) groups is 1. The molecule has 2 heterocycles. The Kier molecular flexibility index (Phi) is 3.99. The van der Waals surface area contributed by atoms with Gasteiger partial charge in [-0.2, -0.15) is 14.9 Å². The smallest absolute Gasteiger partial charge is 0.410 e. The Morgan fingerprint density at radius 2 is 2.10 bits per heavy atom. The number of nitrogens with zero attached hydrogens (tertiary/aromatic N) is 4. The van der Waals surface area contributed by atoms with Crippen molar-refractivity contribution < 1.29 is 15.0 Å². The van der Waals surface area contributed by atoms with Crippen LogP contribution in [0.4, 0.5) is 10.6 Å². The minimum atomic E-state index is -1.16. The Balaban J connectivity index is 2.44. The fourth-order valence-electron chi connectivity index (χ4n) is 1.81. The Morgan fingerprint density at radius 3 is 2.67 bits per heavy atom. The Bertz CT molecular complexity index is 639. The van der Waals surface area contributed by atoms with Gasteiger partial charge >= 0.3 is 6.09 Å². The van der Waals surface area contributed by atoms with Gasteiger partial charge in [0.15, 0.2) is 5.82 Å². The second-order valence-electron chi connectivity index (χ2n) is 5.67. The third-order valence-corrected chi connectivity index (χ3v) is 2.89. The van der Waals surface area contributed by atoms with Gasteiger partial charge in [-0.15, -0.1) is 0 Å². The van der Waals surface area contributed by atoms with Gasteiger partial charge in [-0.25, -0.2) is 4.79 Å². The van der Waals surface area contributed by atoms with Crippen LogP contribution in [-0.4, -0.2) is 42.5 Å². The highest BCUT2D eigenvalue weighted by atomic mass is 16.4. The fourth-order valence-corrected chi connectivity index (χ4v) is 1.81. The summed E-state index contributed by atoms with van der Waals surface area (Å²) in [6.07, 6.45) is 0.542. The molecule has 0 fully saturated rings. The Morgan fingerprint density at radius 1 is 1.38 bits per heavy atom. The number of carboxylic acid groups (broad SMARTS) is 1. The van der Waals surface area contributed by atoms with Crippen molar-refractivity contribution in [3.05, 3.63) is 24.0 Å². The lowest BCUT2D eigenvalue weighted by molar-refractivity contribution is 0.209. The first-order valence-electron chi connectivity index (χ1n) is 6.56. The maximum absolute atomic E-state index is 10.9. The molecule has 0 aliphatic rings. The molecule has 2 aromatic heterocycles. The largest absolute Gasteiger partial charge is 0.465 e. The van der Waals surface area contributed by atoms with E-state index in [9.17, 15) is 4.79 Å². The second kappa shape index (κ2) is 5.57. The van der Waals surface area contributed by atoms with Gasteiger partial charge in [0.2, 0.25) is 0 Å². The standard InChI is InChI=1S/C13H19N5O3/c1-13(2,3)9-8-11(14-12(20)21)18(15-9)10-4-5-17(16-10)6-7-19/h4-5,8,14,19H,6-7H2,1-3H3,(H,20,21). The van der Waals surface area contributed by atoms with Crippen LogP contribution in [0, 0.1) is 0 Å². The molecular weight excluding hydrogens is 274 g/mol. The van der Waals surface area contributed by atoms with E-state index in [2.05, 4.69) is 15.5 Å². The molecule has 3 N–H and O–H groups in total. The highest BCUT2D eigenvalue weighted by Crippen LogP contribution is 2.25. The van der Waals surface area contributed by atoms with Gasteiger partial charge in [0.1, 0.15) is 5.82 Å². The number of aromatic nitrogens is 4. The summed E-state index contributed by atoms with van der Waals surface area (Å²) in [5.41, 5.74) is 0.538. The number of rotatable bonds is 4. The van der Waals surface area contributed by atoms with Crippen LogP contribution < -0.4 is 5.32 Å². The van der Waals surface area contributed by atoms with Crippen molar-refractivity contribution in [3.63, 3.8) is 0 Å². The van der Waals surface area contributed by atoms with Crippen LogP contribution in [0.5, 0.6) is 0 Å². The van der Waals surface area contributed by atoms with E-state index in [-0.39, 0.29) is 12.0 Å². The van der Waals surface area contributed by atoms with Crippen LogP contribution in [0.3, 0.4) is 0 Å². The number of hydrogen-bond donors (Lipinski definition) is 3. The Hall–Kier alpha value is -2.35. The molecule has 0 unspecified atom stereocenters. The molecular formula is C13H19N5O3. The van der Waals surface area contributed by atoms with Crippen molar-refractivity contribution in [2.75, 3.05) is 11.9 Å². The molecule has 0 saturated heterocycles. The van der Waals surface area contributed by atoms with Crippen LogP contribution in [0.1, 0.15) is 26.5 Å². The van der Waals surface area contributed by atoms with E-state index >= 15 is 0 Å². The van der Waals surface area contributed by atoms with Crippen LogP contribution in [-0.2, 0) is 12.0 Å². The number of hydrogen-bond acceptors (Lipinski definition) is 4. The van der Waals surface area contributed by atoms with Crippen LogP contribution in [0.2, 0.25) is 0 Å². The summed E-state index contributed by atoms with van der Waals surface area (Å²) < 4.78 is 3.01. The summed E-state index contributed by atoms with van der Waals surface area (Å²) in [7, 11) is 0. The van der Waals surface area contributed by atoms with Gasteiger partial charge < -0.3 is 10.2 Å². The highest BCUT2D eigenvalue weighted by molar-refractivity contribution is 5.82. The van der Waals surface area contributed by atoms with E-state index in [0.29, 0.717) is 18.2 Å². The number of amides is 1. The first-order valence-corrected chi connectivity index (χ1v) is 6.56. The highest BCUT2D eigenvalue weighted by Gasteiger charge is 2.22. The SMILES string of the molecule is CC(C)(C)c1cc(NC(=O)O)n(-c2ccn(CCO)n2)n1. The third kappa shape index (κ3) is 3.40. The van der Waals surface area contributed by atoms with Crippen molar-refractivity contribution in [2.45, 2.75) is 32.7 Å². The Labute approximate surface area is 122 Å². The van der Waals surface area contributed by atoms with E-state index in [1.165, 1.54) is 4.68 Å². The van der Waals surface area contributed by atoms with Gasteiger partial charge in [0.25, 0.3) is 0 Å². The van der Waals surface area contributed by atoms with Gasteiger partial charge in [0.05, 0.1) is 18.8 Å². The monoisotopic (exact) mass is 293 g/mol. The summed E-state index contributed by atoms with van der Waals surface area (Å²) in [6, 6.07) is 3.40. The molecule has 8 nitrogen and oxygen atoms in total. The minimum Gasteiger partial charge on any atom is -0.465 e. The van der Waals surface area contributed by atoms with E-state index in [1.54, 1.807) is 23.0 Å². The molecule has 1 amide bonds. The second-order valence-corrected chi connectivity index (χ2v) is 5.67. The number of aliphatic hydroxyl groups excluding tert-OH is 1. The fraction of sp³-hybridized carbons (Fsp3) is 0.462. The number of aliphatic hydroxyl groups is 1. The molecule has 21 heavy (non-hydrogen) atoms. The molecule has 0 atom stereocenters. The summed E-state index contributed by atoms with van der Waals surface area (Å²) in [5.74, 6) is 0.823. The maximum Gasteiger partial charge on any atom is 0.410 e. The normalized spacial score (nSPS) is 11.6. The predicted molar refractivity (Wildman–Crippen MR) is 76.8 cm³/mol. The summed E-state index contributed by atoms with van der Waals surface area (Å²) in [4.78, 5) is 10.9. The van der Waals surface area contributed by atoms with Gasteiger partial charge in [-0.05, 0) is 0 Å². The number of nitrogens with one attached hydrogen (secondary N) is 1. The zero-order chi connectivity index (χ0) is 15.6. The molecule has 8 heteroatoms. The molecule has 0 aromatic carbocycles. The molecule has 0 saturated carbocycles. The van der Waals surface area contributed by atoms with Crippen LogP contribution in [0.15, 0.2) is 18.3 Å². The summed E-state index contributed by atoms with van der Waals surface area (Å²) >= 11 is 0. The average Bonchev–Trinajstić information content (AvgIpc) is 2.94. The lowest BCUT2D eigenvalue weighted by Crippen LogP contribution is -2.14. The van der Waals surface area contributed by atoms with Gasteiger partial charge in [-0.3, -0.25) is 10.00 Å². The minimum absolute atomic E-state index is 0.0201. The van der Waals surface area contributed by atoms with Crippen molar-refractivity contribution in [1.82, 2.24) is 19.6 Å². The molecule has 0 aliphatic heterocycles. The average molecular weight is 293 g/mol. The van der Waals surface area contributed by atoms with Crippen molar-refractivity contribution in [2.24, 2.45) is 0 Å². The van der Waals surface area contributed by atoms with Gasteiger partial charge in [-0.1, -0.05) is 20.8 Å². The van der Waals surface area contributed by atoms with Crippen molar-refractivity contribution in [1.29, 1.82) is 0 Å². The quantitative estimate of drug-likeness (QED) is 0.791. The molecule has 114 valence electrons. The van der Waals surface area contributed by atoms with Crippen molar-refractivity contribution >= 4 is 11.9 Å². The first-order chi connectivity index (χ1) is 9.81. The van der Waals surface area contributed by atoms with E-state index < -0.39 is 6.09 Å². The van der Waals surface area contributed by atoms with Gasteiger partial charge in [0, 0.05) is 23.7 Å². The number of anilines is 1. The molecule has 0 aliphatic carbocycles. The molecule has 0 spiro atoms. The lowest BCUT2D eigenvalue weighted by Gasteiger charge is -2.13. The molecule has 2 aromatic rings. The lowest BCUT2D eigenvalue weighted by atomic mass is 9.92. The van der Waals surface area contributed by atoms with E-state index in [1.807, 2.05) is 20.8 Å². The third-order valence-electron chi connectivity index (χ3n) is 2.89. The maximum atomic E-state index is 10.9. The van der Waals surface area contributed by atoms with Crippen LogP contribution >= 0.6 is 0 Å². The topological polar surface area (TPSA) is 105 Å². The van der Waals surface area contributed by atoms with Crippen LogP contribution in [0.25, 0.3) is 5.82 Å². The van der Waals surface area contributed by atoms with E-state index in [0.717, 1.165) is 5.69 Å².